The molecule has 0 atom stereocenters. The van der Waals surface area contributed by atoms with Gasteiger partial charge in [-0.05, 0) is 68.7 Å². The average Bonchev–Trinajstić information content (AvgIpc) is 3.79. The first-order valence-corrected chi connectivity index (χ1v) is 18.8. The summed E-state index contributed by atoms with van der Waals surface area (Å²) < 4.78 is 8.92. The zero-order valence-corrected chi connectivity index (χ0v) is 30.0. The van der Waals surface area contributed by atoms with E-state index >= 15 is 0 Å². The first-order chi connectivity index (χ1) is 27.7. The molecule has 260 valence electrons. The number of rotatable bonds is 4. The van der Waals surface area contributed by atoms with Gasteiger partial charge in [-0.25, -0.2) is 15.0 Å². The van der Waals surface area contributed by atoms with Crippen LogP contribution in [0.25, 0.3) is 116 Å². The minimum absolute atomic E-state index is 0.585. The molecule has 3 aromatic heterocycles. The lowest BCUT2D eigenvalue weighted by Crippen LogP contribution is -2.04. The summed E-state index contributed by atoms with van der Waals surface area (Å²) in [4.78, 5) is 15.8. The standard InChI is InChI=1S/C51H30N4O/c1-2-13-32(14-3-1)49-52-50(36-24-25-38-35(26-36)23-22-31-12-6-7-17-37(31)38)54-51(53-49)43-29-42-40-19-9-11-21-47(40)56-48(42)30-46(43)55-44-20-10-8-18-39(44)41-27-33-15-4-5-16-34(33)28-45(41)55/h1-30H. The highest BCUT2D eigenvalue weighted by Gasteiger charge is 2.22. The lowest BCUT2D eigenvalue weighted by molar-refractivity contribution is 0.668. The largest absolute Gasteiger partial charge is 0.456 e. The van der Waals surface area contributed by atoms with Gasteiger partial charge in [-0.3, -0.25) is 0 Å². The van der Waals surface area contributed by atoms with E-state index in [4.69, 9.17) is 19.4 Å². The fourth-order valence-electron chi connectivity index (χ4n) is 8.53. The Kier molecular flexibility index (Phi) is 6.56. The summed E-state index contributed by atoms with van der Waals surface area (Å²) in [6, 6.07) is 63.9. The summed E-state index contributed by atoms with van der Waals surface area (Å²) in [6.07, 6.45) is 0. The molecule has 0 aliphatic heterocycles. The van der Waals surface area contributed by atoms with E-state index in [9.17, 15) is 0 Å². The molecule has 5 nitrogen and oxygen atoms in total. The van der Waals surface area contributed by atoms with Gasteiger partial charge in [0.1, 0.15) is 11.2 Å². The number of hydrogen-bond acceptors (Lipinski definition) is 4. The van der Waals surface area contributed by atoms with E-state index in [0.717, 1.165) is 60.7 Å². The molecule has 56 heavy (non-hydrogen) atoms. The van der Waals surface area contributed by atoms with E-state index in [0.29, 0.717) is 17.5 Å². The van der Waals surface area contributed by atoms with E-state index in [-0.39, 0.29) is 0 Å². The number of para-hydroxylation sites is 2. The highest BCUT2D eigenvalue weighted by molar-refractivity contribution is 6.15. The first-order valence-electron chi connectivity index (χ1n) is 18.8. The van der Waals surface area contributed by atoms with Crippen LogP contribution in [0.4, 0.5) is 0 Å². The van der Waals surface area contributed by atoms with Crippen LogP contribution in [0.3, 0.4) is 0 Å². The van der Waals surface area contributed by atoms with Gasteiger partial charge < -0.3 is 8.98 Å². The summed E-state index contributed by atoms with van der Waals surface area (Å²) in [6.45, 7) is 0. The smallest absolute Gasteiger partial charge is 0.166 e. The van der Waals surface area contributed by atoms with Crippen LogP contribution in [0, 0.1) is 0 Å². The lowest BCUT2D eigenvalue weighted by Gasteiger charge is -2.15. The Bertz CT molecular complexity index is 3540. The second kappa shape index (κ2) is 11.9. The summed E-state index contributed by atoms with van der Waals surface area (Å²) in [5.74, 6) is 1.81. The summed E-state index contributed by atoms with van der Waals surface area (Å²) in [5.41, 5.74) is 7.48. The number of nitrogens with zero attached hydrogens (tertiary/aromatic N) is 4. The molecule has 0 fully saturated rings. The van der Waals surface area contributed by atoms with Gasteiger partial charge in [-0.2, -0.15) is 0 Å². The van der Waals surface area contributed by atoms with Crippen molar-refractivity contribution in [3.8, 4) is 39.9 Å². The molecular formula is C51H30N4O. The fraction of sp³-hybridized carbons (Fsp3) is 0. The Balaban J connectivity index is 1.18. The van der Waals surface area contributed by atoms with Crippen molar-refractivity contribution in [2.75, 3.05) is 0 Å². The molecule has 0 aliphatic rings. The van der Waals surface area contributed by atoms with Crippen LogP contribution in [0.5, 0.6) is 0 Å². The van der Waals surface area contributed by atoms with Gasteiger partial charge >= 0.3 is 0 Å². The van der Waals surface area contributed by atoms with Crippen LogP contribution in [0.1, 0.15) is 0 Å². The third-order valence-electron chi connectivity index (χ3n) is 11.2. The van der Waals surface area contributed by atoms with Gasteiger partial charge in [0.15, 0.2) is 17.5 Å². The van der Waals surface area contributed by atoms with Crippen molar-refractivity contribution in [2.24, 2.45) is 0 Å². The molecule has 0 radical (unpaired) electrons. The maximum Gasteiger partial charge on any atom is 0.166 e. The molecule has 0 unspecified atom stereocenters. The van der Waals surface area contributed by atoms with Gasteiger partial charge in [0.05, 0.1) is 16.7 Å². The van der Waals surface area contributed by atoms with Gasteiger partial charge in [0.25, 0.3) is 0 Å². The van der Waals surface area contributed by atoms with Crippen molar-refractivity contribution in [3.63, 3.8) is 0 Å². The Labute approximate surface area is 320 Å². The number of hydrogen-bond donors (Lipinski definition) is 0. The van der Waals surface area contributed by atoms with E-state index < -0.39 is 0 Å². The van der Waals surface area contributed by atoms with E-state index in [1.54, 1.807) is 0 Å². The number of furan rings is 1. The highest BCUT2D eigenvalue weighted by atomic mass is 16.3. The molecule has 9 aromatic carbocycles. The van der Waals surface area contributed by atoms with Crippen molar-refractivity contribution in [1.29, 1.82) is 0 Å². The lowest BCUT2D eigenvalue weighted by atomic mass is 10.00. The summed E-state index contributed by atoms with van der Waals surface area (Å²) >= 11 is 0. The average molecular weight is 715 g/mol. The SMILES string of the molecule is c1ccc(-c2nc(-c3ccc4c(ccc5ccccc54)c3)nc(-c3cc4c(cc3-n3c5ccccc5c5cc6ccccc6cc53)oc3ccccc34)n2)cc1. The second-order valence-corrected chi connectivity index (χ2v) is 14.4. The van der Waals surface area contributed by atoms with E-state index in [1.165, 1.54) is 37.7 Å². The van der Waals surface area contributed by atoms with Gasteiger partial charge in [-0.1, -0.05) is 140 Å². The zero-order valence-electron chi connectivity index (χ0n) is 30.0. The van der Waals surface area contributed by atoms with Crippen LogP contribution in [-0.4, -0.2) is 19.5 Å². The van der Waals surface area contributed by atoms with Crippen LogP contribution in [0.2, 0.25) is 0 Å². The number of benzene rings is 9. The molecule has 0 saturated carbocycles. The normalized spacial score (nSPS) is 11.9. The van der Waals surface area contributed by atoms with Crippen molar-refractivity contribution in [2.45, 2.75) is 0 Å². The molecule has 0 bridgehead atoms. The topological polar surface area (TPSA) is 56.7 Å². The molecule has 0 spiro atoms. The molecule has 3 heterocycles. The van der Waals surface area contributed by atoms with Crippen LogP contribution >= 0.6 is 0 Å². The maximum atomic E-state index is 6.57. The first kappa shape index (κ1) is 30.8. The number of fused-ring (bicyclic) bond motifs is 10. The van der Waals surface area contributed by atoms with Crippen LogP contribution in [-0.2, 0) is 0 Å². The molecule has 0 saturated heterocycles. The maximum absolute atomic E-state index is 6.57. The van der Waals surface area contributed by atoms with Crippen LogP contribution < -0.4 is 0 Å². The Morgan fingerprint density at radius 1 is 0.339 bits per heavy atom. The van der Waals surface area contributed by atoms with Crippen LogP contribution in [0.15, 0.2) is 186 Å². The summed E-state index contributed by atoms with van der Waals surface area (Å²) in [7, 11) is 0. The minimum atomic E-state index is 0.585. The molecule has 5 heteroatoms. The van der Waals surface area contributed by atoms with Crippen molar-refractivity contribution in [3.05, 3.63) is 182 Å². The molecule has 0 amide bonds. The van der Waals surface area contributed by atoms with Gasteiger partial charge in [-0.15, -0.1) is 0 Å². The van der Waals surface area contributed by atoms with E-state index in [2.05, 4.69) is 156 Å². The molecule has 0 N–H and O–H groups in total. The zero-order chi connectivity index (χ0) is 36.7. The Hall–Kier alpha value is -7.63. The predicted molar refractivity (Wildman–Crippen MR) is 230 cm³/mol. The third kappa shape index (κ3) is 4.71. The summed E-state index contributed by atoms with van der Waals surface area (Å²) in [5, 5.41) is 11.6. The predicted octanol–water partition coefficient (Wildman–Crippen LogP) is 13.3. The minimum Gasteiger partial charge on any atom is -0.456 e. The Morgan fingerprint density at radius 2 is 0.982 bits per heavy atom. The van der Waals surface area contributed by atoms with E-state index in [1.807, 2.05) is 30.3 Å². The second-order valence-electron chi connectivity index (χ2n) is 14.4. The van der Waals surface area contributed by atoms with Gasteiger partial charge in [0, 0.05) is 44.3 Å². The van der Waals surface area contributed by atoms with Crippen molar-refractivity contribution >= 4 is 76.1 Å². The fourth-order valence-corrected chi connectivity index (χ4v) is 8.53. The van der Waals surface area contributed by atoms with Gasteiger partial charge in [0.2, 0.25) is 0 Å². The molecule has 12 aromatic rings. The van der Waals surface area contributed by atoms with Crippen molar-refractivity contribution < 1.29 is 4.42 Å². The van der Waals surface area contributed by atoms with Crippen molar-refractivity contribution in [1.82, 2.24) is 19.5 Å². The third-order valence-corrected chi connectivity index (χ3v) is 11.2. The quantitative estimate of drug-likeness (QED) is 0.170. The highest BCUT2D eigenvalue weighted by Crippen LogP contribution is 2.41. The molecule has 0 aliphatic carbocycles. The molecule has 12 rings (SSSR count). The Morgan fingerprint density at radius 3 is 1.84 bits per heavy atom. The molecular weight excluding hydrogens is 685 g/mol. The monoisotopic (exact) mass is 714 g/mol. The number of aromatic nitrogens is 4.